The molecule has 0 amide bonds. The normalized spacial score (nSPS) is 14.2. The minimum atomic E-state index is -0.245. The molecule has 0 aromatic heterocycles. The smallest absolute Gasteiger partial charge is 0.123 e. The van der Waals surface area contributed by atoms with Gasteiger partial charge in [-0.05, 0) is 26.0 Å². The van der Waals surface area contributed by atoms with Crippen molar-refractivity contribution in [2.75, 3.05) is 13.2 Å². The third-order valence-electron chi connectivity index (χ3n) is 1.99. The molecule has 1 rings (SSSR count). The second-order valence-corrected chi connectivity index (χ2v) is 3.70. The van der Waals surface area contributed by atoms with Crippen LogP contribution in [0.4, 0.5) is 0 Å². The fourth-order valence-electron chi connectivity index (χ4n) is 1.16. The minimum absolute atomic E-state index is 0.0296. The van der Waals surface area contributed by atoms with Crippen molar-refractivity contribution in [3.05, 3.63) is 24.3 Å². The lowest BCUT2D eigenvalue weighted by atomic mass is 10.3. The molecule has 0 spiro atoms. The Labute approximate surface area is 95.4 Å². The molecule has 90 valence electrons. The second-order valence-electron chi connectivity index (χ2n) is 3.70. The van der Waals surface area contributed by atoms with E-state index in [4.69, 9.17) is 19.7 Å². The van der Waals surface area contributed by atoms with Gasteiger partial charge >= 0.3 is 0 Å². The molecule has 0 aliphatic carbocycles. The monoisotopic (exact) mass is 226 g/mol. The van der Waals surface area contributed by atoms with Crippen LogP contribution in [0, 0.1) is 0 Å². The Balaban J connectivity index is 2.63. The summed E-state index contributed by atoms with van der Waals surface area (Å²) in [5, 5.41) is 17.7. The zero-order valence-corrected chi connectivity index (χ0v) is 9.59. The summed E-state index contributed by atoms with van der Waals surface area (Å²) in [6, 6.07) is 7.13. The molecule has 0 bridgehead atoms. The largest absolute Gasteiger partial charge is 0.488 e. The molecule has 4 nitrogen and oxygen atoms in total. The van der Waals surface area contributed by atoms with Gasteiger partial charge in [-0.1, -0.05) is 6.07 Å². The molecule has 0 unspecified atom stereocenters. The van der Waals surface area contributed by atoms with E-state index in [0.29, 0.717) is 11.5 Å². The van der Waals surface area contributed by atoms with Gasteiger partial charge in [0.2, 0.25) is 0 Å². The standard InChI is InChI=1S/C12H18O4/c1-9(7-13)15-11-4-3-5-12(6-11)16-10(2)8-14/h3-6,9-10,13-14H,7-8H2,1-2H3/t9-,10-/m1/s1. The molecule has 2 atom stereocenters. The highest BCUT2D eigenvalue weighted by Crippen LogP contribution is 2.21. The van der Waals surface area contributed by atoms with Gasteiger partial charge in [0.25, 0.3) is 0 Å². The minimum Gasteiger partial charge on any atom is -0.488 e. The SMILES string of the molecule is C[C@H](CO)Oc1cccc(O[C@H](C)CO)c1. The highest BCUT2D eigenvalue weighted by molar-refractivity contribution is 5.33. The molecule has 0 aliphatic rings. The lowest BCUT2D eigenvalue weighted by Gasteiger charge is -2.15. The van der Waals surface area contributed by atoms with Gasteiger partial charge in [0, 0.05) is 6.07 Å². The fraction of sp³-hybridized carbons (Fsp3) is 0.500. The van der Waals surface area contributed by atoms with Crippen LogP contribution in [0.15, 0.2) is 24.3 Å². The van der Waals surface area contributed by atoms with Crippen LogP contribution < -0.4 is 9.47 Å². The second kappa shape index (κ2) is 6.35. The molecular formula is C12H18O4. The van der Waals surface area contributed by atoms with Crippen LogP contribution in [0.2, 0.25) is 0 Å². The Hall–Kier alpha value is -1.26. The number of ether oxygens (including phenoxy) is 2. The molecule has 1 aromatic rings. The quantitative estimate of drug-likeness (QED) is 0.765. The molecule has 1 aromatic carbocycles. The van der Waals surface area contributed by atoms with Crippen molar-refractivity contribution in [2.45, 2.75) is 26.1 Å². The van der Waals surface area contributed by atoms with Crippen LogP contribution in [0.25, 0.3) is 0 Å². The van der Waals surface area contributed by atoms with Crippen molar-refractivity contribution in [3.8, 4) is 11.5 Å². The number of aliphatic hydroxyl groups excluding tert-OH is 2. The maximum Gasteiger partial charge on any atom is 0.123 e. The lowest BCUT2D eigenvalue weighted by molar-refractivity contribution is 0.123. The summed E-state index contributed by atoms with van der Waals surface area (Å²) in [7, 11) is 0. The van der Waals surface area contributed by atoms with E-state index < -0.39 is 0 Å². The Bertz CT molecular complexity index is 286. The van der Waals surface area contributed by atoms with E-state index in [2.05, 4.69) is 0 Å². The summed E-state index contributed by atoms with van der Waals surface area (Å²) in [6.07, 6.45) is -0.490. The molecule has 0 saturated carbocycles. The fourth-order valence-corrected chi connectivity index (χ4v) is 1.16. The molecule has 0 heterocycles. The molecule has 2 N–H and O–H groups in total. The van der Waals surface area contributed by atoms with E-state index in [1.54, 1.807) is 38.1 Å². The zero-order chi connectivity index (χ0) is 12.0. The number of aliphatic hydroxyl groups is 2. The van der Waals surface area contributed by atoms with Crippen molar-refractivity contribution in [3.63, 3.8) is 0 Å². The molecule has 0 fully saturated rings. The zero-order valence-electron chi connectivity index (χ0n) is 9.59. The van der Waals surface area contributed by atoms with Crippen LogP contribution in [0.5, 0.6) is 11.5 Å². The maximum absolute atomic E-state index is 8.86. The number of hydrogen-bond donors (Lipinski definition) is 2. The lowest BCUT2D eigenvalue weighted by Crippen LogP contribution is -2.17. The van der Waals surface area contributed by atoms with Crippen LogP contribution in [0.1, 0.15) is 13.8 Å². The molecule has 0 aliphatic heterocycles. The van der Waals surface area contributed by atoms with Gasteiger partial charge in [0.1, 0.15) is 23.7 Å². The third kappa shape index (κ3) is 4.08. The first-order valence-electron chi connectivity index (χ1n) is 5.30. The number of hydrogen-bond acceptors (Lipinski definition) is 4. The van der Waals surface area contributed by atoms with Gasteiger partial charge in [-0.25, -0.2) is 0 Å². The summed E-state index contributed by atoms with van der Waals surface area (Å²) in [5.74, 6) is 1.29. The van der Waals surface area contributed by atoms with Gasteiger partial charge in [-0.3, -0.25) is 0 Å². The predicted molar refractivity (Wildman–Crippen MR) is 60.8 cm³/mol. The van der Waals surface area contributed by atoms with Crippen LogP contribution in [-0.2, 0) is 0 Å². The topological polar surface area (TPSA) is 58.9 Å². The number of rotatable bonds is 6. The highest BCUT2D eigenvalue weighted by Gasteiger charge is 2.05. The van der Waals surface area contributed by atoms with Gasteiger partial charge < -0.3 is 19.7 Å². The summed E-state index contributed by atoms with van der Waals surface area (Å²) >= 11 is 0. The number of benzene rings is 1. The van der Waals surface area contributed by atoms with Crippen molar-refractivity contribution in [2.24, 2.45) is 0 Å². The van der Waals surface area contributed by atoms with E-state index in [0.717, 1.165) is 0 Å². The van der Waals surface area contributed by atoms with E-state index in [9.17, 15) is 0 Å². The van der Waals surface area contributed by atoms with Gasteiger partial charge in [0.05, 0.1) is 13.2 Å². The Morgan fingerprint density at radius 1 is 1.00 bits per heavy atom. The molecule has 0 saturated heterocycles. The Kier molecular flexibility index (Phi) is 5.08. The molecule has 16 heavy (non-hydrogen) atoms. The predicted octanol–water partition coefficient (Wildman–Crippen LogP) is 1.21. The summed E-state index contributed by atoms with van der Waals surface area (Å²) < 4.78 is 10.9. The van der Waals surface area contributed by atoms with E-state index in [1.165, 1.54) is 0 Å². The van der Waals surface area contributed by atoms with Gasteiger partial charge in [-0.15, -0.1) is 0 Å². The van der Waals surface area contributed by atoms with Crippen LogP contribution in [0.3, 0.4) is 0 Å². The van der Waals surface area contributed by atoms with Crippen molar-refractivity contribution in [1.82, 2.24) is 0 Å². The summed E-state index contributed by atoms with van der Waals surface area (Å²) in [6.45, 7) is 3.50. The maximum atomic E-state index is 8.86. The van der Waals surface area contributed by atoms with Gasteiger partial charge in [-0.2, -0.15) is 0 Å². The molecular weight excluding hydrogens is 208 g/mol. The van der Waals surface area contributed by atoms with Gasteiger partial charge in [0.15, 0.2) is 0 Å². The first kappa shape index (κ1) is 12.8. The van der Waals surface area contributed by atoms with Crippen molar-refractivity contribution < 1.29 is 19.7 Å². The first-order valence-corrected chi connectivity index (χ1v) is 5.30. The third-order valence-corrected chi connectivity index (χ3v) is 1.99. The first-order chi connectivity index (χ1) is 7.65. The van der Waals surface area contributed by atoms with E-state index >= 15 is 0 Å². The van der Waals surface area contributed by atoms with Crippen LogP contribution in [-0.4, -0.2) is 35.6 Å². The van der Waals surface area contributed by atoms with Crippen LogP contribution >= 0.6 is 0 Å². The Morgan fingerprint density at radius 3 is 1.81 bits per heavy atom. The summed E-state index contributed by atoms with van der Waals surface area (Å²) in [4.78, 5) is 0. The Morgan fingerprint density at radius 2 is 1.44 bits per heavy atom. The molecule has 4 heteroatoms. The average molecular weight is 226 g/mol. The van der Waals surface area contributed by atoms with E-state index in [-0.39, 0.29) is 25.4 Å². The summed E-state index contributed by atoms with van der Waals surface area (Å²) in [5.41, 5.74) is 0. The highest BCUT2D eigenvalue weighted by atomic mass is 16.5. The molecule has 0 radical (unpaired) electrons. The average Bonchev–Trinajstić information content (AvgIpc) is 2.29. The van der Waals surface area contributed by atoms with Crippen molar-refractivity contribution in [1.29, 1.82) is 0 Å². The van der Waals surface area contributed by atoms with E-state index in [1.807, 2.05) is 0 Å². The van der Waals surface area contributed by atoms with Crippen molar-refractivity contribution >= 4 is 0 Å².